The fourth-order valence-electron chi connectivity index (χ4n) is 2.03. The van der Waals surface area contributed by atoms with Gasteiger partial charge in [0.25, 0.3) is 5.91 Å². The van der Waals surface area contributed by atoms with Crippen molar-refractivity contribution in [2.75, 3.05) is 5.32 Å². The Hall–Kier alpha value is -2.45. The Morgan fingerprint density at radius 1 is 1.22 bits per heavy atom. The lowest BCUT2D eigenvalue weighted by atomic mass is 10.3. The molecular weight excluding hydrogens is 382 g/mol. The predicted octanol–water partition coefficient (Wildman–Crippen LogP) is 4.56. The van der Waals surface area contributed by atoms with E-state index in [-0.39, 0.29) is 11.6 Å². The lowest BCUT2D eigenvalue weighted by Gasteiger charge is -1.95. The highest BCUT2D eigenvalue weighted by Crippen LogP contribution is 2.29. The third-order valence-corrected chi connectivity index (χ3v) is 4.50. The molecule has 0 atom stereocenters. The van der Waals surface area contributed by atoms with Gasteiger partial charge in [0.15, 0.2) is 16.6 Å². The molecule has 1 amide bonds. The summed E-state index contributed by atoms with van der Waals surface area (Å²) < 4.78 is 12.3. The number of hydrogen-bond donors (Lipinski definition) is 1. The highest BCUT2D eigenvalue weighted by atomic mass is 79.9. The summed E-state index contributed by atoms with van der Waals surface area (Å²) >= 11 is 4.80. The van der Waals surface area contributed by atoms with Crippen LogP contribution in [0, 0.1) is 0 Å². The van der Waals surface area contributed by atoms with E-state index in [2.05, 4.69) is 31.4 Å². The molecule has 6 nitrogen and oxygen atoms in total. The molecule has 0 spiro atoms. The van der Waals surface area contributed by atoms with Gasteiger partial charge in [-0.2, -0.15) is 0 Å². The Kier molecular flexibility index (Phi) is 3.47. The van der Waals surface area contributed by atoms with Crippen LogP contribution in [0.4, 0.5) is 5.13 Å². The van der Waals surface area contributed by atoms with Crippen molar-refractivity contribution in [3.05, 3.63) is 52.8 Å². The Balaban J connectivity index is 1.57. The molecule has 1 N–H and O–H groups in total. The molecular formula is C15H8BrN3O3S. The van der Waals surface area contributed by atoms with E-state index in [0.717, 1.165) is 14.7 Å². The molecule has 23 heavy (non-hydrogen) atoms. The fraction of sp³-hybridized carbons (Fsp3) is 0. The second-order valence-electron chi connectivity index (χ2n) is 4.64. The van der Waals surface area contributed by atoms with Gasteiger partial charge < -0.3 is 8.94 Å². The summed E-state index contributed by atoms with van der Waals surface area (Å²) in [7, 11) is 0. The number of rotatable bonds is 3. The van der Waals surface area contributed by atoms with Crippen LogP contribution in [-0.2, 0) is 0 Å². The fourth-order valence-corrected chi connectivity index (χ4v) is 3.44. The number of nitrogens with one attached hydrogen (secondary N) is 1. The van der Waals surface area contributed by atoms with E-state index in [0.29, 0.717) is 16.7 Å². The third kappa shape index (κ3) is 2.78. The number of carbonyl (C=O) groups excluding carboxylic acids is 1. The van der Waals surface area contributed by atoms with E-state index in [1.165, 1.54) is 23.7 Å². The maximum atomic E-state index is 12.2. The van der Waals surface area contributed by atoms with Crippen LogP contribution in [0.15, 0.2) is 56.1 Å². The van der Waals surface area contributed by atoms with Crippen LogP contribution in [0.3, 0.4) is 0 Å². The average Bonchev–Trinajstić information content (AvgIpc) is 3.26. The average molecular weight is 390 g/mol. The summed E-state index contributed by atoms with van der Waals surface area (Å²) in [6, 6.07) is 10.7. The molecule has 0 aliphatic carbocycles. The van der Waals surface area contributed by atoms with Crippen molar-refractivity contribution in [3.63, 3.8) is 0 Å². The van der Waals surface area contributed by atoms with E-state index in [1.807, 2.05) is 18.2 Å². The summed E-state index contributed by atoms with van der Waals surface area (Å²) in [6.45, 7) is 0. The number of thiazole rings is 1. The number of carbonyl (C=O) groups is 1. The maximum Gasteiger partial charge on any atom is 0.279 e. The highest BCUT2D eigenvalue weighted by molar-refractivity contribution is 9.10. The number of amides is 1. The molecule has 0 aliphatic rings. The molecule has 0 saturated heterocycles. The Labute approximate surface area is 142 Å². The first-order valence-electron chi connectivity index (χ1n) is 6.57. The van der Waals surface area contributed by atoms with Crippen LogP contribution < -0.4 is 5.32 Å². The normalized spacial score (nSPS) is 11.0. The van der Waals surface area contributed by atoms with Gasteiger partial charge in [-0.15, -0.1) is 0 Å². The minimum atomic E-state index is -0.385. The Bertz CT molecular complexity index is 991. The number of fused-ring (bicyclic) bond motifs is 1. The number of benzene rings is 1. The monoisotopic (exact) mass is 389 g/mol. The standard InChI is InChI=1S/C15H8BrN3O3S/c16-8-3-4-9-13(6-8)23-15(17-9)18-14(20)10-7-12(22-19-10)11-2-1-5-21-11/h1-7H,(H,17,18,20). The minimum Gasteiger partial charge on any atom is -0.461 e. The largest absolute Gasteiger partial charge is 0.461 e. The molecule has 0 radical (unpaired) electrons. The van der Waals surface area contributed by atoms with E-state index in [9.17, 15) is 4.79 Å². The Morgan fingerprint density at radius 2 is 2.13 bits per heavy atom. The lowest BCUT2D eigenvalue weighted by molar-refractivity contribution is 0.101. The summed E-state index contributed by atoms with van der Waals surface area (Å²) in [5.74, 6) is 0.527. The van der Waals surface area contributed by atoms with Crippen LogP contribution >= 0.6 is 27.3 Å². The van der Waals surface area contributed by atoms with Crippen molar-refractivity contribution in [1.82, 2.24) is 10.1 Å². The predicted molar refractivity (Wildman–Crippen MR) is 89.5 cm³/mol. The first-order valence-corrected chi connectivity index (χ1v) is 8.18. The summed E-state index contributed by atoms with van der Waals surface area (Å²) in [5.41, 5.74) is 0.988. The van der Waals surface area contributed by atoms with Gasteiger partial charge in [0, 0.05) is 10.5 Å². The molecule has 8 heteroatoms. The van der Waals surface area contributed by atoms with Gasteiger partial charge in [-0.25, -0.2) is 4.98 Å². The molecule has 1 aromatic carbocycles. The first-order chi connectivity index (χ1) is 11.2. The Morgan fingerprint density at radius 3 is 2.96 bits per heavy atom. The van der Waals surface area contributed by atoms with Gasteiger partial charge in [-0.3, -0.25) is 10.1 Å². The van der Waals surface area contributed by atoms with Crippen molar-refractivity contribution >= 4 is 48.5 Å². The molecule has 0 bridgehead atoms. The SMILES string of the molecule is O=C(Nc1nc2ccc(Br)cc2s1)c1cc(-c2ccco2)on1. The highest BCUT2D eigenvalue weighted by Gasteiger charge is 2.16. The molecule has 4 aromatic rings. The van der Waals surface area contributed by atoms with Gasteiger partial charge in [-0.1, -0.05) is 32.4 Å². The van der Waals surface area contributed by atoms with Crippen LogP contribution in [0.25, 0.3) is 21.7 Å². The zero-order valence-corrected chi connectivity index (χ0v) is 13.8. The number of hydrogen-bond acceptors (Lipinski definition) is 6. The van der Waals surface area contributed by atoms with Crippen molar-refractivity contribution in [2.45, 2.75) is 0 Å². The van der Waals surface area contributed by atoms with Crippen LogP contribution in [0.2, 0.25) is 0 Å². The summed E-state index contributed by atoms with van der Waals surface area (Å²) in [6.07, 6.45) is 1.52. The second-order valence-corrected chi connectivity index (χ2v) is 6.59. The van der Waals surface area contributed by atoms with Crippen molar-refractivity contribution in [3.8, 4) is 11.5 Å². The molecule has 3 aromatic heterocycles. The molecule has 0 saturated carbocycles. The zero-order valence-electron chi connectivity index (χ0n) is 11.4. The molecule has 0 unspecified atom stereocenters. The van der Waals surface area contributed by atoms with E-state index in [4.69, 9.17) is 8.94 Å². The van der Waals surface area contributed by atoms with Gasteiger partial charge in [0.1, 0.15) is 0 Å². The zero-order chi connectivity index (χ0) is 15.8. The lowest BCUT2D eigenvalue weighted by Crippen LogP contribution is -2.11. The number of furan rings is 1. The second kappa shape index (κ2) is 5.64. The van der Waals surface area contributed by atoms with E-state index in [1.54, 1.807) is 12.1 Å². The number of halogens is 1. The number of aromatic nitrogens is 2. The molecule has 4 rings (SSSR count). The molecule has 3 heterocycles. The summed E-state index contributed by atoms with van der Waals surface area (Å²) in [4.78, 5) is 16.6. The smallest absolute Gasteiger partial charge is 0.279 e. The van der Waals surface area contributed by atoms with Crippen LogP contribution in [-0.4, -0.2) is 16.0 Å². The van der Waals surface area contributed by atoms with Crippen LogP contribution in [0.1, 0.15) is 10.5 Å². The van der Waals surface area contributed by atoms with E-state index < -0.39 is 0 Å². The third-order valence-electron chi connectivity index (χ3n) is 3.08. The number of nitrogens with zero attached hydrogens (tertiary/aromatic N) is 2. The van der Waals surface area contributed by atoms with Crippen LogP contribution in [0.5, 0.6) is 0 Å². The topological polar surface area (TPSA) is 81.2 Å². The summed E-state index contributed by atoms with van der Waals surface area (Å²) in [5, 5.41) is 6.99. The minimum absolute atomic E-state index is 0.164. The van der Waals surface area contributed by atoms with Crippen molar-refractivity contribution in [2.24, 2.45) is 0 Å². The quantitative estimate of drug-likeness (QED) is 0.555. The van der Waals surface area contributed by atoms with Crippen molar-refractivity contribution < 1.29 is 13.7 Å². The maximum absolute atomic E-state index is 12.2. The molecule has 114 valence electrons. The first kappa shape index (κ1) is 14.2. The van der Waals surface area contributed by atoms with Crippen molar-refractivity contribution in [1.29, 1.82) is 0 Å². The van der Waals surface area contributed by atoms with Gasteiger partial charge in [0.05, 0.1) is 16.5 Å². The van der Waals surface area contributed by atoms with Gasteiger partial charge >= 0.3 is 0 Å². The van der Waals surface area contributed by atoms with Gasteiger partial charge in [-0.05, 0) is 30.3 Å². The van der Waals surface area contributed by atoms with Gasteiger partial charge in [0.2, 0.25) is 5.76 Å². The molecule has 0 fully saturated rings. The number of anilines is 1. The van der Waals surface area contributed by atoms with E-state index >= 15 is 0 Å². The molecule has 0 aliphatic heterocycles.